The first-order valence-corrected chi connectivity index (χ1v) is 15.6. The van der Waals surface area contributed by atoms with Crippen LogP contribution in [0, 0.1) is 12.7 Å². The maximum Gasteiger partial charge on any atom is 0.193 e. The quantitative estimate of drug-likeness (QED) is 0.321. The number of hydrogen-bond acceptors (Lipinski definition) is 7. The van der Waals surface area contributed by atoms with Gasteiger partial charge in [0.1, 0.15) is 5.82 Å². The minimum absolute atomic E-state index is 0.0483. The Bertz CT molecular complexity index is 1670. The molecule has 43 heavy (non-hydrogen) atoms. The number of nitrogens with zero attached hydrogens (tertiary/aromatic N) is 6. The number of benzene rings is 1. The Hall–Kier alpha value is -3.82. The van der Waals surface area contributed by atoms with Gasteiger partial charge in [-0.05, 0) is 81.0 Å². The molecule has 2 N–H and O–H groups in total. The van der Waals surface area contributed by atoms with Gasteiger partial charge in [-0.2, -0.15) is 0 Å². The van der Waals surface area contributed by atoms with Crippen molar-refractivity contribution in [1.29, 1.82) is 0 Å². The van der Waals surface area contributed by atoms with E-state index < -0.39 is 0 Å². The number of piperidine rings is 1. The molecule has 9 heteroatoms. The van der Waals surface area contributed by atoms with E-state index in [9.17, 15) is 4.79 Å². The highest BCUT2D eigenvalue weighted by Gasteiger charge is 2.30. The Balaban J connectivity index is 1.26. The lowest BCUT2D eigenvalue weighted by Crippen LogP contribution is -2.48. The summed E-state index contributed by atoms with van der Waals surface area (Å²) in [6.07, 6.45) is 12.7. The lowest BCUT2D eigenvalue weighted by atomic mass is 10.0. The van der Waals surface area contributed by atoms with Crippen molar-refractivity contribution in [2.45, 2.75) is 70.2 Å². The summed E-state index contributed by atoms with van der Waals surface area (Å²) in [6.45, 7) is 6.42. The van der Waals surface area contributed by atoms with Gasteiger partial charge in [0.25, 0.3) is 0 Å². The molecule has 1 saturated carbocycles. The van der Waals surface area contributed by atoms with Crippen molar-refractivity contribution >= 4 is 22.3 Å². The summed E-state index contributed by atoms with van der Waals surface area (Å²) in [4.78, 5) is 29.7. The molecule has 224 valence electrons. The zero-order valence-corrected chi connectivity index (χ0v) is 24.8. The van der Waals surface area contributed by atoms with E-state index in [0.29, 0.717) is 36.7 Å². The van der Waals surface area contributed by atoms with E-state index >= 15 is 4.39 Å². The fraction of sp³-hybridized carbons (Fsp3) is 0.441. The molecule has 0 radical (unpaired) electrons. The van der Waals surface area contributed by atoms with Gasteiger partial charge in [-0.25, -0.2) is 4.39 Å². The van der Waals surface area contributed by atoms with Crippen LogP contribution < -0.4 is 21.0 Å². The van der Waals surface area contributed by atoms with Crippen molar-refractivity contribution in [3.8, 4) is 0 Å². The number of aryl methyl sites for hydroxylation is 1. The van der Waals surface area contributed by atoms with Crippen molar-refractivity contribution in [3.05, 3.63) is 94.0 Å². The Morgan fingerprint density at radius 1 is 1.02 bits per heavy atom. The topological polar surface area (TPSA) is 83.5 Å². The van der Waals surface area contributed by atoms with Crippen LogP contribution in [-0.4, -0.2) is 57.7 Å². The predicted molar refractivity (Wildman–Crippen MR) is 169 cm³/mol. The van der Waals surface area contributed by atoms with Gasteiger partial charge >= 0.3 is 0 Å². The molecule has 2 atom stereocenters. The highest BCUT2D eigenvalue weighted by Crippen LogP contribution is 2.38. The molecule has 2 unspecified atom stereocenters. The minimum Gasteiger partial charge on any atom is -0.369 e. The molecule has 3 aliphatic rings. The summed E-state index contributed by atoms with van der Waals surface area (Å²) in [6, 6.07) is 12.3. The number of pyridine rings is 3. The maximum absolute atomic E-state index is 15.6. The number of fused-ring (bicyclic) bond motifs is 1. The van der Waals surface area contributed by atoms with Gasteiger partial charge in [0.2, 0.25) is 0 Å². The first-order valence-electron chi connectivity index (χ1n) is 15.6. The third-order valence-electron chi connectivity index (χ3n) is 9.32. The molecule has 0 spiro atoms. The first-order chi connectivity index (χ1) is 20.9. The molecule has 0 amide bonds. The van der Waals surface area contributed by atoms with Crippen molar-refractivity contribution in [2.24, 2.45) is 5.73 Å². The summed E-state index contributed by atoms with van der Waals surface area (Å²) in [5.74, 6) is -0.346. The molecule has 2 aliphatic heterocycles. The lowest BCUT2D eigenvalue weighted by molar-refractivity contribution is 0.158. The van der Waals surface area contributed by atoms with Crippen LogP contribution in [-0.2, 0) is 13.1 Å². The predicted octanol–water partition coefficient (Wildman–Crippen LogP) is 4.78. The number of hydrogen-bond donors (Lipinski definition) is 1. The van der Waals surface area contributed by atoms with E-state index in [0.717, 1.165) is 74.2 Å². The summed E-state index contributed by atoms with van der Waals surface area (Å²) in [7, 11) is 0. The van der Waals surface area contributed by atoms with Crippen molar-refractivity contribution in [1.82, 2.24) is 19.4 Å². The Morgan fingerprint density at radius 2 is 1.91 bits per heavy atom. The van der Waals surface area contributed by atoms with Crippen LogP contribution in [0.1, 0.15) is 55.0 Å². The molecule has 1 aliphatic carbocycles. The van der Waals surface area contributed by atoms with Crippen LogP contribution in [0.15, 0.2) is 66.0 Å². The monoisotopic (exact) mass is 581 g/mol. The molecular formula is C34H40FN7O. The van der Waals surface area contributed by atoms with E-state index in [2.05, 4.69) is 48.7 Å². The van der Waals surface area contributed by atoms with Crippen molar-refractivity contribution in [3.63, 3.8) is 0 Å². The fourth-order valence-electron chi connectivity index (χ4n) is 6.93. The molecule has 5 heterocycles. The highest BCUT2D eigenvalue weighted by molar-refractivity contribution is 5.84. The van der Waals surface area contributed by atoms with Crippen LogP contribution in [0.25, 0.3) is 10.9 Å². The van der Waals surface area contributed by atoms with Gasteiger partial charge in [0.15, 0.2) is 5.43 Å². The molecule has 2 saturated heterocycles. The smallest absolute Gasteiger partial charge is 0.193 e. The fourth-order valence-corrected chi connectivity index (χ4v) is 6.93. The number of aromatic nitrogens is 3. The van der Waals surface area contributed by atoms with E-state index in [1.807, 2.05) is 36.4 Å². The van der Waals surface area contributed by atoms with Crippen LogP contribution in [0.2, 0.25) is 0 Å². The van der Waals surface area contributed by atoms with Crippen LogP contribution in [0.5, 0.6) is 0 Å². The van der Waals surface area contributed by atoms with E-state index in [1.54, 1.807) is 6.20 Å². The summed E-state index contributed by atoms with van der Waals surface area (Å²) in [5.41, 5.74) is 11.4. The SMILES string of the molecule is Cc1cc(CN(Cc2cn(C3CC3)c3cc(N4CCC(N)C4)c(F)cc3c2=O)C2CCCN(c3cccnc3)C2)ccn1. The third-order valence-corrected chi connectivity index (χ3v) is 9.32. The molecule has 3 fully saturated rings. The zero-order valence-electron chi connectivity index (χ0n) is 24.8. The third kappa shape index (κ3) is 5.88. The summed E-state index contributed by atoms with van der Waals surface area (Å²) in [5, 5.41) is 0.467. The van der Waals surface area contributed by atoms with Gasteiger partial charge in [0, 0.05) is 92.6 Å². The molecule has 4 aromatic rings. The number of anilines is 2. The van der Waals surface area contributed by atoms with Gasteiger partial charge in [-0.1, -0.05) is 0 Å². The van der Waals surface area contributed by atoms with E-state index in [4.69, 9.17) is 5.73 Å². The van der Waals surface area contributed by atoms with Crippen LogP contribution >= 0.6 is 0 Å². The van der Waals surface area contributed by atoms with Gasteiger partial charge in [-0.15, -0.1) is 0 Å². The zero-order chi connectivity index (χ0) is 29.5. The number of halogens is 1. The molecule has 3 aromatic heterocycles. The van der Waals surface area contributed by atoms with E-state index in [1.165, 1.54) is 11.6 Å². The molecule has 8 nitrogen and oxygen atoms in total. The highest BCUT2D eigenvalue weighted by atomic mass is 19.1. The second kappa shape index (κ2) is 11.7. The average Bonchev–Trinajstić information content (AvgIpc) is 3.78. The van der Waals surface area contributed by atoms with Crippen LogP contribution in [0.3, 0.4) is 0 Å². The second-order valence-corrected chi connectivity index (χ2v) is 12.6. The number of nitrogens with two attached hydrogens (primary N) is 1. The molecule has 0 bridgehead atoms. The number of rotatable bonds is 8. The average molecular weight is 582 g/mol. The van der Waals surface area contributed by atoms with Gasteiger partial charge < -0.3 is 20.1 Å². The molecule has 1 aromatic carbocycles. The standard InChI is InChI=1S/C34H40FN7O/c1-23-14-24(8-11-38-23)18-41(29-5-3-12-39(22-29)28-4-2-10-37-17-28)19-25-20-42(27-6-7-27)32-16-33(40-13-9-26(36)21-40)31(35)15-30(32)34(25)43/h2,4,8,10-11,14-17,20,26-27,29H,3,5-7,9,12-13,18-19,21-22,36H2,1H3. The normalized spacial score (nSPS) is 20.8. The van der Waals surface area contributed by atoms with Gasteiger partial charge in [0.05, 0.1) is 23.1 Å². The molecule has 7 rings (SSSR count). The Kier molecular flexibility index (Phi) is 7.61. The van der Waals surface area contributed by atoms with Crippen molar-refractivity contribution in [2.75, 3.05) is 36.0 Å². The summed E-state index contributed by atoms with van der Waals surface area (Å²) >= 11 is 0. The van der Waals surface area contributed by atoms with Crippen molar-refractivity contribution < 1.29 is 4.39 Å². The summed E-state index contributed by atoms with van der Waals surface area (Å²) < 4.78 is 17.8. The first kappa shape index (κ1) is 28.0. The largest absolute Gasteiger partial charge is 0.369 e. The van der Waals surface area contributed by atoms with Gasteiger partial charge in [-0.3, -0.25) is 19.7 Å². The second-order valence-electron chi connectivity index (χ2n) is 12.6. The Labute approximate surface area is 251 Å². The van der Waals surface area contributed by atoms with E-state index in [-0.39, 0.29) is 23.3 Å². The lowest BCUT2D eigenvalue weighted by Gasteiger charge is -2.40. The van der Waals surface area contributed by atoms with Crippen LogP contribution in [0.4, 0.5) is 15.8 Å². The maximum atomic E-state index is 15.6. The minimum atomic E-state index is -0.346. The molecular weight excluding hydrogens is 541 g/mol. The Morgan fingerprint density at radius 3 is 2.65 bits per heavy atom.